The minimum Gasteiger partial charge on any atom is -0.469 e. The third-order valence-corrected chi connectivity index (χ3v) is 5.14. The van der Waals surface area contributed by atoms with Crippen molar-refractivity contribution in [2.45, 2.75) is 26.1 Å². The predicted octanol–water partition coefficient (Wildman–Crippen LogP) is 5.88. The normalized spacial score (nSPS) is 11.1. The number of methoxy groups -OCH3 is 1. The fourth-order valence-corrected chi connectivity index (χ4v) is 3.36. The number of hydrogen-bond donors (Lipinski definition) is 0. The number of benzene rings is 3. The van der Waals surface area contributed by atoms with E-state index >= 15 is 0 Å². The maximum atomic E-state index is 13.4. The molecular formula is C26H24F3NO4. The second-order valence-electron chi connectivity index (χ2n) is 7.51. The molecule has 0 aliphatic rings. The largest absolute Gasteiger partial charge is 0.469 e. The Morgan fingerprint density at radius 2 is 1.68 bits per heavy atom. The molecule has 0 unspecified atom stereocenters. The number of carbonyl (C=O) groups is 2. The van der Waals surface area contributed by atoms with Gasteiger partial charge in [-0.1, -0.05) is 30.3 Å². The van der Waals surface area contributed by atoms with Crippen LogP contribution in [0.1, 0.15) is 34.0 Å². The highest BCUT2D eigenvalue weighted by molar-refractivity contribution is 5.94. The van der Waals surface area contributed by atoms with Crippen molar-refractivity contribution in [2.24, 2.45) is 0 Å². The Balaban J connectivity index is 1.93. The standard InChI is InChI=1S/C26H24F3NO4/c1-3-30(25(32)19-9-5-4-6-10-19)17-20-16-21(26(27,28)29)12-13-23(20)34-22-11-7-8-18(14-22)15-24(31)33-2/h4-14,16H,3,15,17H2,1-2H3. The minimum atomic E-state index is -4.55. The van der Waals surface area contributed by atoms with Crippen LogP contribution in [-0.2, 0) is 28.7 Å². The van der Waals surface area contributed by atoms with Gasteiger partial charge in [0.2, 0.25) is 0 Å². The monoisotopic (exact) mass is 471 g/mol. The molecule has 0 fully saturated rings. The van der Waals surface area contributed by atoms with Gasteiger partial charge in [0.1, 0.15) is 11.5 Å². The van der Waals surface area contributed by atoms with Gasteiger partial charge in [0.15, 0.2) is 0 Å². The van der Waals surface area contributed by atoms with Crippen molar-refractivity contribution in [1.29, 1.82) is 0 Å². The highest BCUT2D eigenvalue weighted by Crippen LogP contribution is 2.35. The molecule has 0 aliphatic carbocycles. The summed E-state index contributed by atoms with van der Waals surface area (Å²) in [6.45, 7) is 1.97. The molecule has 178 valence electrons. The van der Waals surface area contributed by atoms with E-state index in [4.69, 9.17) is 4.74 Å². The van der Waals surface area contributed by atoms with Crippen LogP contribution >= 0.6 is 0 Å². The number of rotatable bonds is 8. The summed E-state index contributed by atoms with van der Waals surface area (Å²) in [6.07, 6.45) is -4.52. The number of hydrogen-bond acceptors (Lipinski definition) is 4. The smallest absolute Gasteiger partial charge is 0.416 e. The van der Waals surface area contributed by atoms with Crippen molar-refractivity contribution < 1.29 is 32.2 Å². The van der Waals surface area contributed by atoms with Crippen LogP contribution in [0.3, 0.4) is 0 Å². The van der Waals surface area contributed by atoms with Gasteiger partial charge in [0.05, 0.1) is 19.1 Å². The van der Waals surface area contributed by atoms with E-state index < -0.39 is 17.7 Å². The zero-order valence-electron chi connectivity index (χ0n) is 18.8. The molecule has 8 heteroatoms. The fourth-order valence-electron chi connectivity index (χ4n) is 3.36. The Bertz CT molecular complexity index is 1150. The van der Waals surface area contributed by atoms with Gasteiger partial charge in [-0.15, -0.1) is 0 Å². The molecule has 3 aromatic rings. The number of ether oxygens (including phenoxy) is 2. The molecule has 5 nitrogen and oxygen atoms in total. The molecule has 1 amide bonds. The SMILES string of the molecule is CCN(Cc1cc(C(F)(F)F)ccc1Oc1cccc(CC(=O)OC)c1)C(=O)c1ccccc1. The summed E-state index contributed by atoms with van der Waals surface area (Å²) in [4.78, 5) is 25.9. The maximum absolute atomic E-state index is 13.4. The van der Waals surface area contributed by atoms with Gasteiger partial charge in [-0.05, 0) is 55.0 Å². The Hall–Kier alpha value is -3.81. The maximum Gasteiger partial charge on any atom is 0.416 e. The van der Waals surface area contributed by atoms with Crippen molar-refractivity contribution in [2.75, 3.05) is 13.7 Å². The van der Waals surface area contributed by atoms with E-state index in [0.717, 1.165) is 12.1 Å². The van der Waals surface area contributed by atoms with Crippen LogP contribution in [0, 0.1) is 0 Å². The van der Waals surface area contributed by atoms with E-state index in [2.05, 4.69) is 4.74 Å². The number of nitrogens with zero attached hydrogens (tertiary/aromatic N) is 1. The van der Waals surface area contributed by atoms with E-state index in [1.54, 1.807) is 61.5 Å². The second kappa shape index (κ2) is 10.9. The Morgan fingerprint density at radius 3 is 2.32 bits per heavy atom. The summed E-state index contributed by atoms with van der Waals surface area (Å²) < 4.78 is 50.8. The van der Waals surface area contributed by atoms with E-state index in [9.17, 15) is 22.8 Å². The summed E-state index contributed by atoms with van der Waals surface area (Å²) in [5.41, 5.74) is 0.443. The third-order valence-electron chi connectivity index (χ3n) is 5.14. The number of halogens is 3. The minimum absolute atomic E-state index is 0.0305. The van der Waals surface area contributed by atoms with Gasteiger partial charge in [0, 0.05) is 24.2 Å². The molecule has 34 heavy (non-hydrogen) atoms. The number of esters is 1. The zero-order valence-corrected chi connectivity index (χ0v) is 18.8. The quantitative estimate of drug-likeness (QED) is 0.385. The van der Waals surface area contributed by atoms with Crippen LogP contribution in [0.4, 0.5) is 13.2 Å². The Kier molecular flexibility index (Phi) is 7.94. The lowest BCUT2D eigenvalue weighted by Crippen LogP contribution is -2.30. The second-order valence-corrected chi connectivity index (χ2v) is 7.51. The van der Waals surface area contributed by atoms with Crippen LogP contribution in [0.15, 0.2) is 72.8 Å². The van der Waals surface area contributed by atoms with Gasteiger partial charge in [-0.25, -0.2) is 0 Å². The average Bonchev–Trinajstić information content (AvgIpc) is 2.83. The fraction of sp³-hybridized carbons (Fsp3) is 0.231. The molecule has 0 N–H and O–H groups in total. The van der Waals surface area contributed by atoms with E-state index in [-0.39, 0.29) is 36.7 Å². The summed E-state index contributed by atoms with van der Waals surface area (Å²) in [7, 11) is 1.29. The van der Waals surface area contributed by atoms with Crippen LogP contribution in [-0.4, -0.2) is 30.4 Å². The first-order valence-corrected chi connectivity index (χ1v) is 10.6. The van der Waals surface area contributed by atoms with Crippen LogP contribution in [0.5, 0.6) is 11.5 Å². The molecule has 0 radical (unpaired) electrons. The molecule has 0 aromatic heterocycles. The molecule has 0 saturated heterocycles. The molecule has 0 aliphatic heterocycles. The highest BCUT2D eigenvalue weighted by Gasteiger charge is 2.31. The molecule has 0 heterocycles. The highest BCUT2D eigenvalue weighted by atomic mass is 19.4. The van der Waals surface area contributed by atoms with Gasteiger partial charge in [0.25, 0.3) is 5.91 Å². The molecule has 3 aromatic carbocycles. The van der Waals surface area contributed by atoms with Gasteiger partial charge in [-0.2, -0.15) is 13.2 Å². The van der Waals surface area contributed by atoms with Crippen molar-refractivity contribution in [1.82, 2.24) is 4.90 Å². The van der Waals surface area contributed by atoms with Gasteiger partial charge >= 0.3 is 12.1 Å². The molecule has 0 atom stereocenters. The van der Waals surface area contributed by atoms with Crippen LogP contribution in [0.2, 0.25) is 0 Å². The lowest BCUT2D eigenvalue weighted by molar-refractivity contribution is -0.140. The summed E-state index contributed by atoms with van der Waals surface area (Å²) in [6, 6.07) is 18.3. The van der Waals surface area contributed by atoms with Crippen molar-refractivity contribution in [3.05, 3.63) is 95.1 Å². The molecule has 0 saturated carbocycles. The van der Waals surface area contributed by atoms with E-state index in [0.29, 0.717) is 16.9 Å². The van der Waals surface area contributed by atoms with Crippen LogP contribution in [0.25, 0.3) is 0 Å². The third kappa shape index (κ3) is 6.37. The molecule has 0 spiro atoms. The Morgan fingerprint density at radius 1 is 0.941 bits per heavy atom. The first kappa shape index (κ1) is 24.8. The predicted molar refractivity (Wildman–Crippen MR) is 121 cm³/mol. The van der Waals surface area contributed by atoms with Gasteiger partial charge in [-0.3, -0.25) is 9.59 Å². The molecular weight excluding hydrogens is 447 g/mol. The summed E-state index contributed by atoms with van der Waals surface area (Å²) in [5.74, 6) is -0.195. The lowest BCUT2D eigenvalue weighted by Gasteiger charge is -2.23. The van der Waals surface area contributed by atoms with Crippen molar-refractivity contribution >= 4 is 11.9 Å². The first-order chi connectivity index (χ1) is 16.2. The Labute approximate surface area is 195 Å². The summed E-state index contributed by atoms with van der Waals surface area (Å²) in [5, 5.41) is 0. The van der Waals surface area contributed by atoms with E-state index in [1.807, 2.05) is 0 Å². The number of amides is 1. The van der Waals surface area contributed by atoms with Crippen LogP contribution < -0.4 is 4.74 Å². The zero-order chi connectivity index (χ0) is 24.7. The van der Waals surface area contributed by atoms with Crippen molar-refractivity contribution in [3.8, 4) is 11.5 Å². The lowest BCUT2D eigenvalue weighted by atomic mass is 10.1. The number of carbonyl (C=O) groups excluding carboxylic acids is 2. The van der Waals surface area contributed by atoms with Gasteiger partial charge < -0.3 is 14.4 Å². The van der Waals surface area contributed by atoms with Crippen molar-refractivity contribution in [3.63, 3.8) is 0 Å². The summed E-state index contributed by atoms with van der Waals surface area (Å²) >= 11 is 0. The topological polar surface area (TPSA) is 55.8 Å². The average molecular weight is 471 g/mol. The van der Waals surface area contributed by atoms with E-state index in [1.165, 1.54) is 18.1 Å². The number of alkyl halides is 3. The first-order valence-electron chi connectivity index (χ1n) is 10.6. The molecule has 0 bridgehead atoms. The molecule has 3 rings (SSSR count).